The number of hydrogen-bond donors (Lipinski definition) is 0. The van der Waals surface area contributed by atoms with Crippen molar-refractivity contribution >= 4 is 152 Å². The summed E-state index contributed by atoms with van der Waals surface area (Å²) >= 11 is 3.82. The van der Waals surface area contributed by atoms with Gasteiger partial charge in [-0.2, -0.15) is 0 Å². The van der Waals surface area contributed by atoms with Gasteiger partial charge in [0.25, 0.3) is 0 Å². The van der Waals surface area contributed by atoms with Crippen LogP contribution in [0.4, 0.5) is 34.1 Å². The molecule has 0 radical (unpaired) electrons. The molecule has 324 valence electrons. The van der Waals surface area contributed by atoms with E-state index in [-0.39, 0.29) is 0 Å². The van der Waals surface area contributed by atoms with Gasteiger partial charge < -0.3 is 18.9 Å². The van der Waals surface area contributed by atoms with E-state index in [1.165, 1.54) is 94.7 Å². The van der Waals surface area contributed by atoms with E-state index in [1.54, 1.807) is 0 Å². The Morgan fingerprint density at radius 1 is 0.294 bits per heavy atom. The molecule has 4 heterocycles. The summed E-state index contributed by atoms with van der Waals surface area (Å²) in [6, 6.07) is 76.6. The molecule has 0 aliphatic rings. The second-order valence-electron chi connectivity index (χ2n) is 17.8. The summed E-state index contributed by atoms with van der Waals surface area (Å²) in [5, 5.41) is 13.0. The Labute approximate surface area is 401 Å². The Morgan fingerprint density at radius 2 is 0.618 bits per heavy atom. The molecule has 0 spiro atoms. The van der Waals surface area contributed by atoms with Gasteiger partial charge in [0.05, 0.1) is 11.0 Å². The molecule has 0 aliphatic heterocycles. The number of thiophene rings is 2. The quantitative estimate of drug-likeness (QED) is 0.151. The summed E-state index contributed by atoms with van der Waals surface area (Å²) < 4.78 is 10.1. The first kappa shape index (κ1) is 39.3. The Kier molecular flexibility index (Phi) is 8.85. The van der Waals surface area contributed by atoms with Crippen LogP contribution < -0.4 is 9.80 Å². The third-order valence-electron chi connectivity index (χ3n) is 14.2. The SMILES string of the molecule is CCn1c2ccccc2c2ccc(N(c3ccccc3)c3ccc4c(c3)sc3c4ccc4c3ccc3c5ccc(N(c6ccccc6)c6ccc7c8ccccc8n(CC)c7c6)cc5sc34)cc21. The van der Waals surface area contributed by atoms with E-state index in [1.807, 2.05) is 22.7 Å². The molecule has 0 saturated heterocycles. The Balaban J connectivity index is 0.887. The van der Waals surface area contributed by atoms with E-state index in [0.29, 0.717) is 0 Å². The summed E-state index contributed by atoms with van der Waals surface area (Å²) in [5.74, 6) is 0. The lowest BCUT2D eigenvalue weighted by Crippen LogP contribution is -2.09. The van der Waals surface area contributed by atoms with Crippen LogP contribution in [0.5, 0.6) is 0 Å². The molecular formula is C62H44N4S2. The molecule has 0 amide bonds. The highest BCUT2D eigenvalue weighted by Gasteiger charge is 2.21. The molecule has 6 heteroatoms. The molecule has 4 aromatic heterocycles. The highest BCUT2D eigenvalue weighted by molar-refractivity contribution is 7.28. The summed E-state index contributed by atoms with van der Waals surface area (Å²) in [5.41, 5.74) is 12.0. The number of rotatable bonds is 8. The first-order valence-corrected chi connectivity index (χ1v) is 25.2. The lowest BCUT2D eigenvalue weighted by molar-refractivity contribution is 0.827. The Bertz CT molecular complexity index is 4030. The van der Waals surface area contributed by atoms with Crippen LogP contribution in [0.15, 0.2) is 206 Å². The van der Waals surface area contributed by atoms with Gasteiger partial charge in [0.15, 0.2) is 0 Å². The molecule has 14 aromatic rings. The molecule has 0 aliphatic carbocycles. The molecule has 14 rings (SSSR count). The summed E-state index contributed by atoms with van der Waals surface area (Å²) in [4.78, 5) is 4.83. The second-order valence-corrected chi connectivity index (χ2v) is 19.9. The van der Waals surface area contributed by atoms with E-state index < -0.39 is 0 Å². The van der Waals surface area contributed by atoms with Gasteiger partial charge in [-0.15, -0.1) is 22.7 Å². The zero-order chi connectivity index (χ0) is 45.0. The monoisotopic (exact) mass is 908 g/mol. The summed E-state index contributed by atoms with van der Waals surface area (Å²) in [7, 11) is 0. The highest BCUT2D eigenvalue weighted by Crippen LogP contribution is 2.48. The number of nitrogens with zero attached hydrogens (tertiary/aromatic N) is 4. The van der Waals surface area contributed by atoms with E-state index in [4.69, 9.17) is 0 Å². The molecule has 68 heavy (non-hydrogen) atoms. The van der Waals surface area contributed by atoms with Crippen LogP contribution >= 0.6 is 22.7 Å². The molecule has 0 saturated carbocycles. The number of para-hydroxylation sites is 4. The maximum absolute atomic E-state index is 2.44. The van der Waals surface area contributed by atoms with Crippen molar-refractivity contribution in [1.29, 1.82) is 0 Å². The van der Waals surface area contributed by atoms with Crippen LogP contribution in [-0.4, -0.2) is 9.13 Å². The predicted octanol–water partition coefficient (Wildman–Crippen LogP) is 18.8. The third-order valence-corrected chi connectivity index (χ3v) is 16.6. The molecule has 10 aromatic carbocycles. The van der Waals surface area contributed by atoms with E-state index in [0.717, 1.165) is 47.2 Å². The molecule has 0 fully saturated rings. The van der Waals surface area contributed by atoms with Gasteiger partial charge >= 0.3 is 0 Å². The van der Waals surface area contributed by atoms with Gasteiger partial charge in [-0.05, 0) is 98.8 Å². The van der Waals surface area contributed by atoms with Crippen LogP contribution in [0.3, 0.4) is 0 Å². The minimum absolute atomic E-state index is 0.909. The molecular weight excluding hydrogens is 865 g/mol. The number of anilines is 6. The summed E-state index contributed by atoms with van der Waals surface area (Å²) in [6.45, 7) is 6.30. The largest absolute Gasteiger partial charge is 0.341 e. The number of hydrogen-bond acceptors (Lipinski definition) is 4. The smallest absolute Gasteiger partial charge is 0.0512 e. The van der Waals surface area contributed by atoms with Crippen LogP contribution in [0.1, 0.15) is 13.8 Å². The lowest BCUT2D eigenvalue weighted by Gasteiger charge is -2.26. The van der Waals surface area contributed by atoms with Crippen molar-refractivity contribution < 1.29 is 0 Å². The third kappa shape index (κ3) is 5.84. The van der Waals surface area contributed by atoms with Crippen LogP contribution in [-0.2, 0) is 13.1 Å². The number of aryl methyl sites for hydroxylation is 2. The fourth-order valence-corrected chi connectivity index (χ4v) is 13.7. The fraction of sp³-hybridized carbons (Fsp3) is 0.0645. The van der Waals surface area contributed by atoms with Gasteiger partial charge in [-0.1, -0.05) is 121 Å². The van der Waals surface area contributed by atoms with E-state index in [9.17, 15) is 0 Å². The number of fused-ring (bicyclic) bond motifs is 15. The normalized spacial score (nSPS) is 12.1. The van der Waals surface area contributed by atoms with Crippen molar-refractivity contribution in [2.45, 2.75) is 26.9 Å². The van der Waals surface area contributed by atoms with Crippen molar-refractivity contribution in [3.63, 3.8) is 0 Å². The van der Waals surface area contributed by atoms with Crippen LogP contribution in [0, 0.1) is 0 Å². The van der Waals surface area contributed by atoms with Gasteiger partial charge in [-0.25, -0.2) is 0 Å². The van der Waals surface area contributed by atoms with E-state index in [2.05, 4.69) is 239 Å². The minimum Gasteiger partial charge on any atom is -0.341 e. The molecule has 0 N–H and O–H groups in total. The first-order valence-electron chi connectivity index (χ1n) is 23.6. The number of aromatic nitrogens is 2. The minimum atomic E-state index is 0.909. The van der Waals surface area contributed by atoms with E-state index >= 15 is 0 Å². The zero-order valence-electron chi connectivity index (χ0n) is 37.6. The standard InChI is InChI=1S/C62H44N4S2/c1-3-63-55-21-13-11-19-45(55)47-27-23-41(35-57(47)63)65(39-15-7-5-8-16-39)43-25-29-49-51-31-33-54-53(61(51)67-59(49)37-43)34-32-52-50-30-26-44(38-60(50)68-62(52)54)66(40-17-9-6-10-18-40)42-24-28-48-46-20-12-14-22-56(46)64(4-2)58(48)36-42/h5-38H,3-4H2,1-2H3. The van der Waals surface area contributed by atoms with Crippen molar-refractivity contribution in [3.8, 4) is 0 Å². The fourth-order valence-electron chi connectivity index (χ4n) is 11.2. The number of benzene rings is 10. The average Bonchev–Trinajstić information content (AvgIpc) is 4.14. The van der Waals surface area contributed by atoms with Crippen LogP contribution in [0.2, 0.25) is 0 Å². The van der Waals surface area contributed by atoms with Gasteiger partial charge in [0, 0.05) is 131 Å². The maximum Gasteiger partial charge on any atom is 0.0512 e. The van der Waals surface area contributed by atoms with Crippen molar-refractivity contribution in [2.24, 2.45) is 0 Å². The maximum atomic E-state index is 2.44. The predicted molar refractivity (Wildman–Crippen MR) is 296 cm³/mol. The van der Waals surface area contributed by atoms with Gasteiger partial charge in [0.2, 0.25) is 0 Å². The summed E-state index contributed by atoms with van der Waals surface area (Å²) in [6.07, 6.45) is 0. The lowest BCUT2D eigenvalue weighted by atomic mass is 10.0. The molecule has 4 nitrogen and oxygen atoms in total. The Hall–Kier alpha value is -7.90. The zero-order valence-corrected chi connectivity index (χ0v) is 39.3. The Morgan fingerprint density at radius 3 is 1.03 bits per heavy atom. The van der Waals surface area contributed by atoms with Crippen LogP contribution in [0.25, 0.3) is 94.7 Å². The first-order chi connectivity index (χ1) is 33.6. The average molecular weight is 909 g/mol. The molecule has 0 atom stereocenters. The van der Waals surface area contributed by atoms with Gasteiger partial charge in [0.1, 0.15) is 0 Å². The molecule has 0 unspecified atom stereocenters. The van der Waals surface area contributed by atoms with Gasteiger partial charge in [-0.3, -0.25) is 0 Å². The van der Waals surface area contributed by atoms with Crippen molar-refractivity contribution in [1.82, 2.24) is 9.13 Å². The van der Waals surface area contributed by atoms with Crippen molar-refractivity contribution in [3.05, 3.63) is 206 Å². The second kappa shape index (κ2) is 15.3. The molecule has 0 bridgehead atoms. The highest BCUT2D eigenvalue weighted by atomic mass is 32.1. The topological polar surface area (TPSA) is 16.3 Å². The van der Waals surface area contributed by atoms with Crippen molar-refractivity contribution in [2.75, 3.05) is 9.80 Å².